The summed E-state index contributed by atoms with van der Waals surface area (Å²) in [6.07, 6.45) is 3.08. The standard InChI is InChI=1S/C14H17BrN2O/c1-17-13(14(9-16)6-3-7-14)10-4-5-12(18-2)11(15)8-10/h4-5,8,13,17H,3,6-7H2,1-2H3. The Morgan fingerprint density at radius 2 is 2.22 bits per heavy atom. The second-order valence-corrected chi connectivity index (χ2v) is 5.59. The summed E-state index contributed by atoms with van der Waals surface area (Å²) in [6, 6.07) is 8.59. The maximum Gasteiger partial charge on any atom is 0.133 e. The van der Waals surface area contributed by atoms with Crippen molar-refractivity contribution >= 4 is 15.9 Å². The van der Waals surface area contributed by atoms with Gasteiger partial charge < -0.3 is 10.1 Å². The minimum absolute atomic E-state index is 0.0819. The van der Waals surface area contributed by atoms with Crippen molar-refractivity contribution in [2.75, 3.05) is 14.2 Å². The lowest BCUT2D eigenvalue weighted by molar-refractivity contribution is 0.149. The van der Waals surface area contributed by atoms with Crippen LogP contribution in [-0.2, 0) is 0 Å². The molecule has 1 saturated carbocycles. The zero-order valence-electron chi connectivity index (χ0n) is 10.7. The fourth-order valence-electron chi connectivity index (χ4n) is 2.65. The van der Waals surface area contributed by atoms with Crippen molar-refractivity contribution in [3.8, 4) is 11.8 Å². The largest absolute Gasteiger partial charge is 0.496 e. The van der Waals surface area contributed by atoms with Crippen LogP contribution < -0.4 is 10.1 Å². The van der Waals surface area contributed by atoms with Crippen LogP contribution in [0.5, 0.6) is 5.75 Å². The Morgan fingerprint density at radius 1 is 1.50 bits per heavy atom. The van der Waals surface area contributed by atoms with Crippen LogP contribution >= 0.6 is 15.9 Å². The fourth-order valence-corrected chi connectivity index (χ4v) is 3.21. The van der Waals surface area contributed by atoms with Crippen LogP contribution in [0.2, 0.25) is 0 Å². The van der Waals surface area contributed by atoms with Gasteiger partial charge in [-0.2, -0.15) is 5.26 Å². The first-order chi connectivity index (χ1) is 8.66. The Bertz CT molecular complexity index is 477. The normalized spacial score (nSPS) is 18.6. The molecule has 1 aromatic rings. The van der Waals surface area contributed by atoms with Crippen molar-refractivity contribution in [3.05, 3.63) is 28.2 Å². The number of hydrogen-bond donors (Lipinski definition) is 1. The second-order valence-electron chi connectivity index (χ2n) is 4.74. The molecule has 1 aromatic carbocycles. The second kappa shape index (κ2) is 5.29. The molecule has 1 N–H and O–H groups in total. The Morgan fingerprint density at radius 3 is 2.61 bits per heavy atom. The molecule has 96 valence electrons. The Hall–Kier alpha value is -1.05. The third-order valence-electron chi connectivity index (χ3n) is 3.82. The van der Waals surface area contributed by atoms with E-state index >= 15 is 0 Å². The zero-order valence-corrected chi connectivity index (χ0v) is 12.3. The van der Waals surface area contributed by atoms with Gasteiger partial charge in [-0.05, 0) is 53.5 Å². The number of hydrogen-bond acceptors (Lipinski definition) is 3. The van der Waals surface area contributed by atoms with Gasteiger partial charge in [-0.1, -0.05) is 12.5 Å². The average molecular weight is 309 g/mol. The average Bonchev–Trinajstić information content (AvgIpc) is 2.33. The van der Waals surface area contributed by atoms with Crippen LogP contribution in [0.15, 0.2) is 22.7 Å². The molecule has 0 bridgehead atoms. The minimum Gasteiger partial charge on any atom is -0.496 e. The number of benzene rings is 1. The van der Waals surface area contributed by atoms with Gasteiger partial charge in [-0.15, -0.1) is 0 Å². The molecule has 3 nitrogen and oxygen atoms in total. The molecule has 0 amide bonds. The van der Waals surface area contributed by atoms with Crippen LogP contribution in [0.1, 0.15) is 30.9 Å². The van der Waals surface area contributed by atoms with Crippen LogP contribution in [0, 0.1) is 16.7 Å². The number of nitrogens with zero attached hydrogens (tertiary/aromatic N) is 1. The van der Waals surface area contributed by atoms with Gasteiger partial charge in [0.25, 0.3) is 0 Å². The first-order valence-electron chi connectivity index (χ1n) is 6.09. The van der Waals surface area contributed by atoms with Gasteiger partial charge in [0.1, 0.15) is 5.75 Å². The summed E-state index contributed by atoms with van der Waals surface area (Å²) >= 11 is 3.50. The molecular formula is C14H17BrN2O. The summed E-state index contributed by atoms with van der Waals surface area (Å²) in [5, 5.41) is 12.7. The number of methoxy groups -OCH3 is 1. The molecule has 0 aliphatic heterocycles. The van der Waals surface area contributed by atoms with E-state index in [9.17, 15) is 5.26 Å². The molecule has 0 saturated heterocycles. The van der Waals surface area contributed by atoms with E-state index in [0.717, 1.165) is 35.0 Å². The highest BCUT2D eigenvalue weighted by Crippen LogP contribution is 2.50. The summed E-state index contributed by atoms with van der Waals surface area (Å²) < 4.78 is 6.16. The number of ether oxygens (including phenoxy) is 1. The maximum absolute atomic E-state index is 9.44. The lowest BCUT2D eigenvalue weighted by Gasteiger charge is -2.42. The van der Waals surface area contributed by atoms with Crippen molar-refractivity contribution in [1.82, 2.24) is 5.32 Å². The number of halogens is 1. The van der Waals surface area contributed by atoms with Gasteiger partial charge in [0.05, 0.1) is 29.1 Å². The van der Waals surface area contributed by atoms with Gasteiger partial charge in [-0.25, -0.2) is 0 Å². The summed E-state index contributed by atoms with van der Waals surface area (Å²) in [6.45, 7) is 0. The van der Waals surface area contributed by atoms with Gasteiger partial charge >= 0.3 is 0 Å². The molecule has 1 unspecified atom stereocenters. The van der Waals surface area contributed by atoms with E-state index in [2.05, 4.69) is 27.3 Å². The first kappa shape index (κ1) is 13.4. The highest BCUT2D eigenvalue weighted by molar-refractivity contribution is 9.10. The van der Waals surface area contributed by atoms with E-state index < -0.39 is 0 Å². The molecule has 18 heavy (non-hydrogen) atoms. The van der Waals surface area contributed by atoms with Gasteiger partial charge in [-0.3, -0.25) is 0 Å². The third-order valence-corrected chi connectivity index (χ3v) is 4.44. The lowest BCUT2D eigenvalue weighted by Crippen LogP contribution is -2.40. The Kier molecular flexibility index (Phi) is 3.94. The Balaban J connectivity index is 2.34. The summed E-state index contributed by atoms with van der Waals surface area (Å²) in [4.78, 5) is 0. The van der Waals surface area contributed by atoms with E-state index in [1.54, 1.807) is 7.11 Å². The molecule has 0 radical (unpaired) electrons. The highest BCUT2D eigenvalue weighted by Gasteiger charge is 2.44. The van der Waals surface area contributed by atoms with Crippen LogP contribution in [-0.4, -0.2) is 14.2 Å². The predicted molar refractivity (Wildman–Crippen MR) is 74.4 cm³/mol. The van der Waals surface area contributed by atoms with Gasteiger partial charge in [0, 0.05) is 0 Å². The highest BCUT2D eigenvalue weighted by atomic mass is 79.9. The van der Waals surface area contributed by atoms with E-state index in [1.165, 1.54) is 0 Å². The van der Waals surface area contributed by atoms with E-state index in [0.29, 0.717) is 0 Å². The number of nitriles is 1. The number of nitrogens with one attached hydrogen (secondary N) is 1. The maximum atomic E-state index is 9.44. The molecule has 0 heterocycles. The molecular weight excluding hydrogens is 292 g/mol. The van der Waals surface area contributed by atoms with E-state index in [4.69, 9.17) is 4.74 Å². The predicted octanol–water partition coefficient (Wildman–Crippen LogP) is 3.41. The van der Waals surface area contributed by atoms with Gasteiger partial charge in [0.15, 0.2) is 0 Å². The molecule has 2 rings (SSSR count). The third kappa shape index (κ3) is 2.13. The Labute approximate surface area is 116 Å². The molecule has 4 heteroatoms. The molecule has 1 atom stereocenters. The van der Waals surface area contributed by atoms with Crippen molar-refractivity contribution in [2.45, 2.75) is 25.3 Å². The summed E-state index contributed by atoms with van der Waals surface area (Å²) in [5.41, 5.74) is 0.884. The zero-order chi connectivity index (χ0) is 13.2. The van der Waals surface area contributed by atoms with E-state index in [1.807, 2.05) is 25.2 Å². The van der Waals surface area contributed by atoms with Crippen LogP contribution in [0.3, 0.4) is 0 Å². The SMILES string of the molecule is CNC(c1ccc(OC)c(Br)c1)C1(C#N)CCC1. The first-order valence-corrected chi connectivity index (χ1v) is 6.88. The van der Waals surface area contributed by atoms with Crippen LogP contribution in [0.4, 0.5) is 0 Å². The van der Waals surface area contributed by atoms with Crippen LogP contribution in [0.25, 0.3) is 0 Å². The van der Waals surface area contributed by atoms with E-state index in [-0.39, 0.29) is 11.5 Å². The van der Waals surface area contributed by atoms with Crippen molar-refractivity contribution in [1.29, 1.82) is 5.26 Å². The summed E-state index contributed by atoms with van der Waals surface area (Å²) in [7, 11) is 3.57. The minimum atomic E-state index is -0.247. The topological polar surface area (TPSA) is 45.0 Å². The van der Waals surface area contributed by atoms with Crippen molar-refractivity contribution in [3.63, 3.8) is 0 Å². The molecule has 1 aliphatic carbocycles. The smallest absolute Gasteiger partial charge is 0.133 e. The molecule has 0 aromatic heterocycles. The number of rotatable bonds is 4. The molecule has 1 aliphatic rings. The molecule has 0 spiro atoms. The lowest BCUT2D eigenvalue weighted by atomic mass is 9.63. The van der Waals surface area contributed by atoms with Crippen molar-refractivity contribution in [2.24, 2.45) is 5.41 Å². The fraction of sp³-hybridized carbons (Fsp3) is 0.500. The molecule has 1 fully saturated rings. The summed E-state index contributed by atoms with van der Waals surface area (Å²) in [5.74, 6) is 0.813. The van der Waals surface area contributed by atoms with Gasteiger partial charge in [0.2, 0.25) is 0 Å². The quantitative estimate of drug-likeness (QED) is 0.927. The van der Waals surface area contributed by atoms with Crippen molar-refractivity contribution < 1.29 is 4.74 Å². The monoisotopic (exact) mass is 308 g/mol.